The van der Waals surface area contributed by atoms with Crippen LogP contribution in [0.4, 0.5) is 11.4 Å². The number of aliphatic imine (C=N–C) groups is 1. The minimum absolute atomic E-state index is 0.105. The van der Waals surface area contributed by atoms with E-state index < -0.39 is 5.25 Å². The van der Waals surface area contributed by atoms with E-state index in [9.17, 15) is 9.59 Å². The van der Waals surface area contributed by atoms with E-state index in [2.05, 4.69) is 17.4 Å². The number of nitrogens with zero attached hydrogens (tertiary/aromatic N) is 2. The molecule has 0 saturated carbocycles. The highest BCUT2D eigenvalue weighted by Crippen LogP contribution is 2.31. The van der Waals surface area contributed by atoms with Crippen molar-refractivity contribution in [3.8, 4) is 5.75 Å². The van der Waals surface area contributed by atoms with Crippen LogP contribution >= 0.6 is 23.4 Å². The highest BCUT2D eigenvalue weighted by molar-refractivity contribution is 8.15. The Labute approximate surface area is 227 Å². The number of anilines is 1. The molecule has 1 fully saturated rings. The Kier molecular flexibility index (Phi) is 9.63. The third kappa shape index (κ3) is 7.84. The van der Waals surface area contributed by atoms with Crippen molar-refractivity contribution in [2.75, 3.05) is 18.5 Å². The van der Waals surface area contributed by atoms with Gasteiger partial charge in [0.25, 0.3) is 0 Å². The first kappa shape index (κ1) is 26.8. The fourth-order valence-corrected chi connectivity index (χ4v) is 5.19. The van der Waals surface area contributed by atoms with Gasteiger partial charge in [0.05, 0.1) is 12.3 Å². The van der Waals surface area contributed by atoms with Gasteiger partial charge in [0.15, 0.2) is 5.17 Å². The Bertz CT molecular complexity index is 1230. The molecule has 1 aliphatic heterocycles. The van der Waals surface area contributed by atoms with E-state index in [1.54, 1.807) is 29.2 Å². The van der Waals surface area contributed by atoms with Crippen molar-refractivity contribution in [3.05, 3.63) is 89.4 Å². The van der Waals surface area contributed by atoms with Gasteiger partial charge in [0.2, 0.25) is 11.8 Å². The van der Waals surface area contributed by atoms with Crippen molar-refractivity contribution < 1.29 is 14.3 Å². The molecule has 192 valence electrons. The number of hydrogen-bond acceptors (Lipinski definition) is 5. The third-order valence-electron chi connectivity index (χ3n) is 5.75. The lowest BCUT2D eigenvalue weighted by molar-refractivity contribution is -0.129. The highest BCUT2D eigenvalue weighted by atomic mass is 35.5. The molecule has 0 spiro atoms. The number of aryl methyl sites for hydroxylation is 1. The lowest BCUT2D eigenvalue weighted by Gasteiger charge is -2.32. The van der Waals surface area contributed by atoms with Crippen molar-refractivity contribution in [2.45, 2.75) is 37.9 Å². The standard InChI is InChI=1S/C29H30ClN3O3S/c1-2-18-36-25-15-13-23(14-16-25)31-28(35)26-20-27(34)33(17-7-10-21-8-4-3-5-9-21)29(37-26)32-24-12-6-11-22(30)19-24/h3-6,8-9,11-16,19,26H,2,7,10,17-18,20H2,1H3,(H,31,35). The summed E-state index contributed by atoms with van der Waals surface area (Å²) < 4.78 is 5.60. The molecule has 6 nitrogen and oxygen atoms in total. The van der Waals surface area contributed by atoms with Crippen molar-refractivity contribution in [1.29, 1.82) is 0 Å². The molecule has 37 heavy (non-hydrogen) atoms. The molecule has 1 heterocycles. The van der Waals surface area contributed by atoms with Crippen LogP contribution < -0.4 is 10.1 Å². The van der Waals surface area contributed by atoms with Crippen LogP contribution in [-0.4, -0.2) is 40.3 Å². The van der Waals surface area contributed by atoms with Crippen molar-refractivity contribution >= 4 is 51.7 Å². The van der Waals surface area contributed by atoms with E-state index in [0.29, 0.717) is 34.7 Å². The van der Waals surface area contributed by atoms with Crippen LogP contribution in [0, 0.1) is 0 Å². The number of thioether (sulfide) groups is 1. The number of nitrogens with one attached hydrogen (secondary N) is 1. The second kappa shape index (κ2) is 13.3. The van der Waals surface area contributed by atoms with Gasteiger partial charge < -0.3 is 10.1 Å². The predicted molar refractivity (Wildman–Crippen MR) is 152 cm³/mol. The number of amidine groups is 1. The number of carbonyl (C=O) groups is 2. The molecule has 3 aromatic carbocycles. The molecule has 0 aliphatic carbocycles. The average molecular weight is 536 g/mol. The maximum Gasteiger partial charge on any atom is 0.238 e. The Morgan fingerprint density at radius 2 is 1.89 bits per heavy atom. The normalized spacial score (nSPS) is 16.6. The zero-order valence-corrected chi connectivity index (χ0v) is 22.3. The van der Waals surface area contributed by atoms with Gasteiger partial charge in [0.1, 0.15) is 11.0 Å². The Morgan fingerprint density at radius 1 is 1.11 bits per heavy atom. The maximum absolute atomic E-state index is 13.2. The lowest BCUT2D eigenvalue weighted by atomic mass is 10.1. The predicted octanol–water partition coefficient (Wildman–Crippen LogP) is 6.72. The van der Waals surface area contributed by atoms with Gasteiger partial charge in [-0.3, -0.25) is 14.5 Å². The topological polar surface area (TPSA) is 71.0 Å². The van der Waals surface area contributed by atoms with Crippen molar-refractivity contribution in [2.24, 2.45) is 4.99 Å². The summed E-state index contributed by atoms with van der Waals surface area (Å²) in [6, 6.07) is 24.6. The number of amides is 2. The highest BCUT2D eigenvalue weighted by Gasteiger charge is 2.35. The zero-order chi connectivity index (χ0) is 26.0. The number of ether oxygens (including phenoxy) is 1. The minimum Gasteiger partial charge on any atom is -0.494 e. The van der Waals surface area contributed by atoms with E-state index >= 15 is 0 Å². The van der Waals surface area contributed by atoms with Crippen LogP contribution in [0.1, 0.15) is 31.7 Å². The van der Waals surface area contributed by atoms with Crippen LogP contribution in [0.25, 0.3) is 0 Å². The summed E-state index contributed by atoms with van der Waals surface area (Å²) in [7, 11) is 0. The average Bonchev–Trinajstić information content (AvgIpc) is 2.90. The molecule has 1 aliphatic rings. The Hall–Kier alpha value is -3.29. The van der Waals surface area contributed by atoms with Gasteiger partial charge in [-0.15, -0.1) is 0 Å². The van der Waals surface area contributed by atoms with Crippen LogP contribution in [0.15, 0.2) is 83.9 Å². The van der Waals surface area contributed by atoms with Crippen LogP contribution in [0.2, 0.25) is 5.02 Å². The second-order valence-corrected chi connectivity index (χ2v) is 10.3. The largest absolute Gasteiger partial charge is 0.494 e. The van der Waals surface area contributed by atoms with Crippen LogP contribution in [0.5, 0.6) is 5.75 Å². The molecule has 0 bridgehead atoms. The fourth-order valence-electron chi connectivity index (χ4n) is 3.88. The van der Waals surface area contributed by atoms with Gasteiger partial charge in [-0.2, -0.15) is 0 Å². The molecule has 1 N–H and O–H groups in total. The molecular formula is C29H30ClN3O3S. The van der Waals surface area contributed by atoms with Crippen LogP contribution in [0.3, 0.4) is 0 Å². The zero-order valence-electron chi connectivity index (χ0n) is 20.7. The number of halogens is 1. The SMILES string of the molecule is CCCOc1ccc(NC(=O)C2CC(=O)N(CCCc3ccccc3)C(=Nc3cccc(Cl)c3)S2)cc1. The first-order valence-corrected chi connectivity index (χ1v) is 13.7. The summed E-state index contributed by atoms with van der Waals surface area (Å²) >= 11 is 7.47. The molecule has 0 radical (unpaired) electrons. The number of carbonyl (C=O) groups excluding carboxylic acids is 2. The Morgan fingerprint density at radius 3 is 2.62 bits per heavy atom. The number of benzene rings is 3. The summed E-state index contributed by atoms with van der Waals surface area (Å²) in [6.45, 7) is 3.21. The summed E-state index contributed by atoms with van der Waals surface area (Å²) in [5, 5.41) is 3.41. The molecule has 1 unspecified atom stereocenters. The molecule has 0 aromatic heterocycles. The smallest absolute Gasteiger partial charge is 0.238 e. The van der Waals surface area contributed by atoms with Gasteiger partial charge in [-0.25, -0.2) is 4.99 Å². The quantitative estimate of drug-likeness (QED) is 0.313. The number of hydrogen-bond donors (Lipinski definition) is 1. The maximum atomic E-state index is 13.2. The van der Waals surface area contributed by atoms with E-state index in [-0.39, 0.29) is 18.2 Å². The molecule has 4 rings (SSSR count). The molecule has 2 amide bonds. The van der Waals surface area contributed by atoms with Crippen molar-refractivity contribution in [3.63, 3.8) is 0 Å². The molecule has 8 heteroatoms. The van der Waals surface area contributed by atoms with E-state index in [1.165, 1.54) is 17.3 Å². The first-order chi connectivity index (χ1) is 18.0. The van der Waals surface area contributed by atoms with Crippen LogP contribution in [-0.2, 0) is 16.0 Å². The molecular weight excluding hydrogens is 506 g/mol. The molecule has 1 saturated heterocycles. The Balaban J connectivity index is 1.46. The molecule has 1 atom stereocenters. The monoisotopic (exact) mass is 535 g/mol. The van der Waals surface area contributed by atoms with Gasteiger partial charge >= 0.3 is 0 Å². The molecule has 3 aromatic rings. The van der Waals surface area contributed by atoms with E-state index in [0.717, 1.165) is 25.0 Å². The lowest BCUT2D eigenvalue weighted by Crippen LogP contribution is -2.45. The fraction of sp³-hybridized carbons (Fsp3) is 0.276. The summed E-state index contributed by atoms with van der Waals surface area (Å²) in [6.07, 6.45) is 2.66. The second-order valence-electron chi connectivity index (χ2n) is 8.68. The van der Waals surface area contributed by atoms with Gasteiger partial charge in [-0.1, -0.05) is 66.7 Å². The third-order valence-corrected chi connectivity index (χ3v) is 7.17. The summed E-state index contributed by atoms with van der Waals surface area (Å²) in [5.74, 6) is 0.406. The van der Waals surface area contributed by atoms with E-state index in [4.69, 9.17) is 21.3 Å². The van der Waals surface area contributed by atoms with Gasteiger partial charge in [-0.05, 0) is 67.3 Å². The van der Waals surface area contributed by atoms with Gasteiger partial charge in [0, 0.05) is 23.7 Å². The number of rotatable bonds is 10. The summed E-state index contributed by atoms with van der Waals surface area (Å²) in [5.41, 5.74) is 2.51. The van der Waals surface area contributed by atoms with E-state index in [1.807, 2.05) is 49.4 Å². The minimum atomic E-state index is -0.591. The van der Waals surface area contributed by atoms with Crippen molar-refractivity contribution in [1.82, 2.24) is 4.90 Å². The summed E-state index contributed by atoms with van der Waals surface area (Å²) in [4.78, 5) is 32.8. The first-order valence-electron chi connectivity index (χ1n) is 12.4.